The molecule has 0 radical (unpaired) electrons. The Kier molecular flexibility index (Phi) is 10.5. The Morgan fingerprint density at radius 3 is 2.07 bits per heavy atom. The summed E-state index contributed by atoms with van der Waals surface area (Å²) >= 11 is 1.39. The van der Waals surface area contributed by atoms with Crippen molar-refractivity contribution in [1.82, 2.24) is 5.32 Å². The molecule has 0 spiro atoms. The van der Waals surface area contributed by atoms with Crippen LogP contribution >= 0.6 is 11.8 Å². The van der Waals surface area contributed by atoms with Crippen molar-refractivity contribution in [1.29, 1.82) is 0 Å². The van der Waals surface area contributed by atoms with Crippen molar-refractivity contribution < 1.29 is 14.4 Å². The van der Waals surface area contributed by atoms with E-state index in [0.717, 1.165) is 38.4 Å². The van der Waals surface area contributed by atoms with E-state index in [2.05, 4.69) is 16.0 Å². The Labute approximate surface area is 274 Å². The van der Waals surface area contributed by atoms with Crippen LogP contribution in [0.3, 0.4) is 0 Å². The topological polar surface area (TPSA) is 87.3 Å². The zero-order valence-electron chi connectivity index (χ0n) is 25.9. The Balaban J connectivity index is 1.38. The highest BCUT2D eigenvalue weighted by molar-refractivity contribution is 8.00. The van der Waals surface area contributed by atoms with Crippen molar-refractivity contribution in [3.8, 4) is 0 Å². The third kappa shape index (κ3) is 8.61. The summed E-state index contributed by atoms with van der Waals surface area (Å²) in [7, 11) is 0. The standard InChI is InChI=1S/C39H35N3O3S/c1-26-12-10-13-29(22-26)24-35(42-37(43)31-16-8-5-9-17-31)38(44)40-32-18-11-19-34(25-32)46-36(30-14-6-4-7-15-30)39(45)41-33-21-20-27(2)28(3)23-33/h4-25,36H,1-3H3,(H,40,44)(H,41,45)(H,42,43)/b35-24+. The van der Waals surface area contributed by atoms with Gasteiger partial charge in [0.2, 0.25) is 5.91 Å². The first-order chi connectivity index (χ1) is 22.2. The number of thioether (sulfide) groups is 1. The fourth-order valence-electron chi connectivity index (χ4n) is 4.78. The van der Waals surface area contributed by atoms with E-state index in [0.29, 0.717) is 11.3 Å². The summed E-state index contributed by atoms with van der Waals surface area (Å²) in [4.78, 5) is 41.1. The number of nitrogens with one attached hydrogen (secondary N) is 3. The maximum Gasteiger partial charge on any atom is 0.272 e. The van der Waals surface area contributed by atoms with E-state index in [-0.39, 0.29) is 17.5 Å². The van der Waals surface area contributed by atoms with E-state index in [1.54, 1.807) is 36.4 Å². The number of carbonyl (C=O) groups is 3. The number of anilines is 2. The van der Waals surface area contributed by atoms with Crippen LogP contribution in [0.2, 0.25) is 0 Å². The van der Waals surface area contributed by atoms with Crippen LogP contribution in [0.25, 0.3) is 6.08 Å². The number of rotatable bonds is 10. The van der Waals surface area contributed by atoms with Crippen LogP contribution in [0.15, 0.2) is 138 Å². The Morgan fingerprint density at radius 1 is 0.652 bits per heavy atom. The van der Waals surface area contributed by atoms with Gasteiger partial charge in [0.05, 0.1) is 0 Å². The molecule has 46 heavy (non-hydrogen) atoms. The number of carbonyl (C=O) groups excluding carboxylic acids is 3. The molecule has 6 nitrogen and oxygen atoms in total. The fourth-order valence-corrected chi connectivity index (χ4v) is 5.86. The van der Waals surface area contributed by atoms with Crippen LogP contribution in [-0.2, 0) is 9.59 Å². The summed E-state index contributed by atoms with van der Waals surface area (Å²) in [6.07, 6.45) is 1.66. The third-order valence-corrected chi connectivity index (χ3v) is 8.59. The van der Waals surface area contributed by atoms with Gasteiger partial charge in [-0.15, -0.1) is 11.8 Å². The smallest absolute Gasteiger partial charge is 0.272 e. The van der Waals surface area contributed by atoms with E-state index in [9.17, 15) is 14.4 Å². The van der Waals surface area contributed by atoms with Gasteiger partial charge in [-0.25, -0.2) is 0 Å². The number of amides is 3. The minimum Gasteiger partial charge on any atom is -0.325 e. The fraction of sp³-hybridized carbons (Fsp3) is 0.103. The first-order valence-corrected chi connectivity index (χ1v) is 15.8. The van der Waals surface area contributed by atoms with Crippen molar-refractivity contribution in [3.05, 3.63) is 166 Å². The minimum absolute atomic E-state index is 0.104. The zero-order valence-corrected chi connectivity index (χ0v) is 26.7. The van der Waals surface area contributed by atoms with E-state index in [1.807, 2.05) is 118 Å². The van der Waals surface area contributed by atoms with Gasteiger partial charge in [-0.1, -0.05) is 90.5 Å². The summed E-state index contributed by atoms with van der Waals surface area (Å²) in [6.45, 7) is 6.02. The van der Waals surface area contributed by atoms with Crippen LogP contribution in [0.1, 0.15) is 43.4 Å². The molecule has 0 fully saturated rings. The Hall–Kier alpha value is -5.40. The van der Waals surface area contributed by atoms with Gasteiger partial charge in [-0.3, -0.25) is 14.4 Å². The minimum atomic E-state index is -0.546. The molecule has 1 unspecified atom stereocenters. The lowest BCUT2D eigenvalue weighted by atomic mass is 10.1. The monoisotopic (exact) mass is 625 g/mol. The second-order valence-electron chi connectivity index (χ2n) is 11.0. The summed E-state index contributed by atoms with van der Waals surface area (Å²) in [6, 6.07) is 39.2. The molecule has 0 aromatic heterocycles. The summed E-state index contributed by atoms with van der Waals surface area (Å²) in [5, 5.41) is 8.25. The molecule has 1 atom stereocenters. The van der Waals surface area contributed by atoms with Crippen molar-refractivity contribution in [2.24, 2.45) is 0 Å². The van der Waals surface area contributed by atoms with E-state index in [4.69, 9.17) is 0 Å². The summed E-state index contributed by atoms with van der Waals surface area (Å²) in [5.41, 5.74) is 6.73. The molecule has 5 rings (SSSR count). The molecule has 0 aliphatic carbocycles. The molecule has 7 heteroatoms. The molecule has 0 saturated heterocycles. The zero-order chi connectivity index (χ0) is 32.5. The van der Waals surface area contributed by atoms with Gasteiger partial charge < -0.3 is 16.0 Å². The molecular weight excluding hydrogens is 591 g/mol. The first-order valence-electron chi connectivity index (χ1n) is 14.9. The summed E-state index contributed by atoms with van der Waals surface area (Å²) < 4.78 is 0. The maximum atomic E-state index is 13.6. The highest BCUT2D eigenvalue weighted by Gasteiger charge is 2.23. The Bertz CT molecular complexity index is 1890. The average molecular weight is 626 g/mol. The highest BCUT2D eigenvalue weighted by Crippen LogP contribution is 2.37. The second kappa shape index (κ2) is 15.1. The van der Waals surface area contributed by atoms with Crippen molar-refractivity contribution in [2.75, 3.05) is 10.6 Å². The van der Waals surface area contributed by atoms with Gasteiger partial charge >= 0.3 is 0 Å². The molecule has 3 N–H and O–H groups in total. The van der Waals surface area contributed by atoms with Crippen LogP contribution in [0.4, 0.5) is 11.4 Å². The molecule has 0 saturated carbocycles. The molecule has 230 valence electrons. The molecule has 0 bridgehead atoms. The molecule has 5 aromatic rings. The van der Waals surface area contributed by atoms with Gasteiger partial charge in [0.25, 0.3) is 11.8 Å². The summed E-state index contributed by atoms with van der Waals surface area (Å²) in [5.74, 6) is -1.01. The maximum absolute atomic E-state index is 13.6. The van der Waals surface area contributed by atoms with Gasteiger partial charge in [0.1, 0.15) is 10.9 Å². The average Bonchev–Trinajstić information content (AvgIpc) is 3.06. The Morgan fingerprint density at radius 2 is 1.35 bits per heavy atom. The number of aryl methyl sites for hydroxylation is 3. The van der Waals surface area contributed by atoms with E-state index < -0.39 is 11.2 Å². The predicted molar refractivity (Wildman–Crippen MR) is 188 cm³/mol. The van der Waals surface area contributed by atoms with E-state index in [1.165, 1.54) is 11.8 Å². The molecule has 0 aliphatic rings. The van der Waals surface area contributed by atoms with Crippen LogP contribution in [0, 0.1) is 20.8 Å². The second-order valence-corrected chi connectivity index (χ2v) is 12.1. The lowest BCUT2D eigenvalue weighted by molar-refractivity contribution is -0.116. The van der Waals surface area contributed by atoms with Crippen molar-refractivity contribution in [2.45, 2.75) is 30.9 Å². The van der Waals surface area contributed by atoms with Gasteiger partial charge in [0.15, 0.2) is 0 Å². The van der Waals surface area contributed by atoms with E-state index >= 15 is 0 Å². The first kappa shape index (κ1) is 32.0. The third-order valence-electron chi connectivity index (χ3n) is 7.34. The van der Waals surface area contributed by atoms with Crippen molar-refractivity contribution >= 4 is 46.9 Å². The van der Waals surface area contributed by atoms with Crippen LogP contribution in [0.5, 0.6) is 0 Å². The predicted octanol–water partition coefficient (Wildman–Crippen LogP) is 8.49. The highest BCUT2D eigenvalue weighted by atomic mass is 32.2. The molecular formula is C39H35N3O3S. The largest absolute Gasteiger partial charge is 0.325 e. The lowest BCUT2D eigenvalue weighted by Gasteiger charge is -2.18. The molecule has 3 amide bonds. The van der Waals surface area contributed by atoms with Crippen molar-refractivity contribution in [3.63, 3.8) is 0 Å². The normalized spacial score (nSPS) is 11.8. The quantitative estimate of drug-likeness (QED) is 0.107. The molecule has 0 aliphatic heterocycles. The number of benzene rings is 5. The number of hydrogen-bond donors (Lipinski definition) is 3. The van der Waals surface area contributed by atoms with Crippen LogP contribution in [-0.4, -0.2) is 17.7 Å². The molecule has 0 heterocycles. The van der Waals surface area contributed by atoms with Gasteiger partial charge in [-0.2, -0.15) is 0 Å². The SMILES string of the molecule is Cc1cccc(/C=C(/NC(=O)c2ccccc2)C(=O)Nc2cccc(SC(C(=O)Nc3ccc(C)c(C)c3)c3ccccc3)c2)c1. The molecule has 5 aromatic carbocycles. The lowest BCUT2D eigenvalue weighted by Crippen LogP contribution is -2.30. The number of hydrogen-bond acceptors (Lipinski definition) is 4. The van der Waals surface area contributed by atoms with Gasteiger partial charge in [-0.05, 0) is 91.6 Å². The van der Waals surface area contributed by atoms with Gasteiger partial charge in [0, 0.05) is 21.8 Å². The van der Waals surface area contributed by atoms with Crippen LogP contribution < -0.4 is 16.0 Å².